The fourth-order valence-electron chi connectivity index (χ4n) is 11.1. The highest BCUT2D eigenvalue weighted by molar-refractivity contribution is 5.87. The molecular formula is C63H69N. The lowest BCUT2D eigenvalue weighted by atomic mass is 9.71. The summed E-state index contributed by atoms with van der Waals surface area (Å²) in [5, 5.41) is 0. The van der Waals surface area contributed by atoms with Crippen molar-refractivity contribution in [3.05, 3.63) is 186 Å². The number of rotatable bonds is 11. The largest absolute Gasteiger partial charge is 0.310 e. The lowest BCUT2D eigenvalue weighted by Crippen LogP contribution is -2.25. The minimum atomic E-state index is 0.0131. The van der Waals surface area contributed by atoms with Crippen LogP contribution < -0.4 is 4.90 Å². The van der Waals surface area contributed by atoms with Crippen LogP contribution in [0.3, 0.4) is 0 Å². The molecule has 0 aliphatic heterocycles. The van der Waals surface area contributed by atoms with Gasteiger partial charge in [-0.15, -0.1) is 0 Å². The lowest BCUT2D eigenvalue weighted by molar-refractivity contribution is 0.436. The van der Waals surface area contributed by atoms with E-state index in [-0.39, 0.29) is 16.2 Å². The molecule has 9 rings (SSSR count). The van der Waals surface area contributed by atoms with Gasteiger partial charge in [0, 0.05) is 22.5 Å². The summed E-state index contributed by atoms with van der Waals surface area (Å²) >= 11 is 0. The lowest BCUT2D eigenvalue weighted by Gasteiger charge is -2.33. The molecule has 1 fully saturated rings. The van der Waals surface area contributed by atoms with E-state index in [4.69, 9.17) is 0 Å². The second-order valence-corrected chi connectivity index (χ2v) is 21.1. The molecule has 7 aromatic carbocycles. The maximum absolute atomic E-state index is 2.54. The minimum absolute atomic E-state index is 0.0131. The first kappa shape index (κ1) is 43.6. The molecule has 0 N–H and O–H groups in total. The van der Waals surface area contributed by atoms with Crippen LogP contribution >= 0.6 is 0 Å². The fraction of sp³-hybridized carbons (Fsp3) is 0.333. The quantitative estimate of drug-likeness (QED) is 0.125. The maximum Gasteiger partial charge on any atom is 0.0465 e. The zero-order valence-electron chi connectivity index (χ0n) is 39.9. The Morgan fingerprint density at radius 3 is 1.53 bits per heavy atom. The monoisotopic (exact) mass is 840 g/mol. The van der Waals surface area contributed by atoms with Gasteiger partial charge in [-0.05, 0) is 157 Å². The average molecular weight is 840 g/mol. The molecule has 1 nitrogen and oxygen atoms in total. The van der Waals surface area contributed by atoms with Gasteiger partial charge < -0.3 is 4.90 Å². The van der Waals surface area contributed by atoms with Crippen molar-refractivity contribution in [2.24, 2.45) is 0 Å². The number of anilines is 3. The molecule has 0 bridgehead atoms. The Hall–Kier alpha value is -5.66. The standard InChI is InChI=1S/C63H69N/c1-9-36-63(37-10-2)59-25-15-14-24-57(59)58-35-34-56(43-60(58)63)64(54-30-26-45(27-31-54)48-21-16-20-47(38-48)44-18-12-11-13-19-44)55-32-28-46(29-33-55)49-22-17-23-50(39-49)51-40-52(61(3,4)5)42-53(41-51)62(6,7)8/h14-17,20-35,38-44H,9-13,18-19,36-37H2,1-8H3. The highest BCUT2D eigenvalue weighted by atomic mass is 15.1. The molecule has 0 amide bonds. The second kappa shape index (κ2) is 17.7. The Morgan fingerprint density at radius 2 is 0.953 bits per heavy atom. The minimum Gasteiger partial charge on any atom is -0.310 e. The molecule has 326 valence electrons. The topological polar surface area (TPSA) is 3.24 Å². The predicted octanol–water partition coefficient (Wildman–Crippen LogP) is 18.7. The predicted molar refractivity (Wildman–Crippen MR) is 277 cm³/mol. The highest BCUT2D eigenvalue weighted by Crippen LogP contribution is 2.55. The van der Waals surface area contributed by atoms with Crippen molar-refractivity contribution in [3.63, 3.8) is 0 Å². The van der Waals surface area contributed by atoms with E-state index in [0.29, 0.717) is 5.92 Å². The number of hydrogen-bond donors (Lipinski definition) is 0. The van der Waals surface area contributed by atoms with Crippen LogP contribution in [-0.2, 0) is 16.2 Å². The second-order valence-electron chi connectivity index (χ2n) is 21.1. The van der Waals surface area contributed by atoms with Gasteiger partial charge in [0.05, 0.1) is 0 Å². The van der Waals surface area contributed by atoms with E-state index < -0.39 is 0 Å². The Kier molecular flexibility index (Phi) is 12.1. The zero-order chi connectivity index (χ0) is 44.6. The van der Waals surface area contributed by atoms with E-state index in [1.807, 2.05) is 0 Å². The highest BCUT2D eigenvalue weighted by Gasteiger charge is 2.42. The molecule has 0 spiro atoms. The van der Waals surface area contributed by atoms with Gasteiger partial charge in [-0.1, -0.05) is 203 Å². The van der Waals surface area contributed by atoms with Crippen LogP contribution in [0.25, 0.3) is 44.5 Å². The third-order valence-electron chi connectivity index (χ3n) is 14.6. The van der Waals surface area contributed by atoms with Gasteiger partial charge in [0.15, 0.2) is 0 Å². The first-order chi connectivity index (χ1) is 30.9. The number of benzene rings is 7. The van der Waals surface area contributed by atoms with E-state index in [1.54, 1.807) is 0 Å². The van der Waals surface area contributed by atoms with Crippen LogP contribution in [-0.4, -0.2) is 0 Å². The van der Waals surface area contributed by atoms with Gasteiger partial charge in [-0.3, -0.25) is 0 Å². The summed E-state index contributed by atoms with van der Waals surface area (Å²) in [4.78, 5) is 2.49. The van der Waals surface area contributed by atoms with Crippen molar-refractivity contribution < 1.29 is 0 Å². The van der Waals surface area contributed by atoms with E-state index >= 15 is 0 Å². The Balaban J connectivity index is 1.11. The molecule has 0 saturated heterocycles. The van der Waals surface area contributed by atoms with E-state index in [9.17, 15) is 0 Å². The van der Waals surface area contributed by atoms with Crippen LogP contribution in [0.1, 0.15) is 147 Å². The van der Waals surface area contributed by atoms with Gasteiger partial charge in [-0.25, -0.2) is 0 Å². The molecule has 0 unspecified atom stereocenters. The van der Waals surface area contributed by atoms with Gasteiger partial charge >= 0.3 is 0 Å². The summed E-state index contributed by atoms with van der Waals surface area (Å²) in [5.74, 6) is 0.688. The number of hydrogen-bond acceptors (Lipinski definition) is 1. The van der Waals surface area contributed by atoms with Crippen LogP contribution in [0.4, 0.5) is 17.1 Å². The van der Waals surface area contributed by atoms with E-state index in [1.165, 1.54) is 116 Å². The SMILES string of the molecule is CCCC1(CCC)c2ccccc2-c2ccc(N(c3ccc(-c4cccc(-c5cc(C(C)(C)C)cc(C(C)(C)C)c5)c4)cc3)c3ccc(-c4cccc(C5CCCCC5)c4)cc3)cc21. The third kappa shape index (κ3) is 8.52. The van der Waals surface area contributed by atoms with Crippen LogP contribution in [0, 0.1) is 0 Å². The molecule has 7 aromatic rings. The number of fused-ring (bicyclic) bond motifs is 3. The molecule has 0 heterocycles. The van der Waals surface area contributed by atoms with Gasteiger partial charge in [0.1, 0.15) is 0 Å². The maximum atomic E-state index is 2.54. The molecule has 1 saturated carbocycles. The summed E-state index contributed by atoms with van der Waals surface area (Å²) in [6.07, 6.45) is 11.3. The van der Waals surface area contributed by atoms with E-state index in [2.05, 4.69) is 218 Å². The van der Waals surface area contributed by atoms with Crippen LogP contribution in [0.2, 0.25) is 0 Å². The van der Waals surface area contributed by atoms with Crippen LogP contribution in [0.5, 0.6) is 0 Å². The molecule has 0 aromatic heterocycles. The first-order valence-electron chi connectivity index (χ1n) is 24.5. The average Bonchev–Trinajstić information content (AvgIpc) is 3.57. The summed E-state index contributed by atoms with van der Waals surface area (Å²) in [6, 6.07) is 60.9. The molecule has 2 aliphatic rings. The molecular weight excluding hydrogens is 771 g/mol. The van der Waals surface area contributed by atoms with Crippen molar-refractivity contribution in [1.82, 2.24) is 0 Å². The first-order valence-corrected chi connectivity index (χ1v) is 24.5. The molecule has 0 atom stereocenters. The Bertz CT molecular complexity index is 2690. The molecule has 0 radical (unpaired) electrons. The van der Waals surface area contributed by atoms with Crippen molar-refractivity contribution >= 4 is 17.1 Å². The number of nitrogens with zero attached hydrogens (tertiary/aromatic N) is 1. The molecule has 2 aliphatic carbocycles. The van der Waals surface area contributed by atoms with Gasteiger partial charge in [0.2, 0.25) is 0 Å². The summed E-state index contributed by atoms with van der Waals surface area (Å²) < 4.78 is 0. The summed E-state index contributed by atoms with van der Waals surface area (Å²) in [7, 11) is 0. The van der Waals surface area contributed by atoms with Gasteiger partial charge in [-0.2, -0.15) is 0 Å². The summed E-state index contributed by atoms with van der Waals surface area (Å²) in [5.41, 5.74) is 21.3. The molecule has 1 heteroatoms. The van der Waals surface area contributed by atoms with E-state index in [0.717, 1.165) is 31.4 Å². The molecule has 64 heavy (non-hydrogen) atoms. The fourth-order valence-corrected chi connectivity index (χ4v) is 11.1. The van der Waals surface area contributed by atoms with Crippen molar-refractivity contribution in [2.75, 3.05) is 4.90 Å². The Labute approximate surface area is 385 Å². The van der Waals surface area contributed by atoms with Gasteiger partial charge in [0.25, 0.3) is 0 Å². The Morgan fingerprint density at radius 1 is 0.438 bits per heavy atom. The van der Waals surface area contributed by atoms with Crippen molar-refractivity contribution in [2.45, 2.75) is 135 Å². The van der Waals surface area contributed by atoms with Crippen molar-refractivity contribution in [3.8, 4) is 44.5 Å². The third-order valence-corrected chi connectivity index (χ3v) is 14.6. The van der Waals surface area contributed by atoms with Crippen LogP contribution in [0.15, 0.2) is 158 Å². The zero-order valence-corrected chi connectivity index (χ0v) is 39.9. The summed E-state index contributed by atoms with van der Waals surface area (Å²) in [6.45, 7) is 18.6. The van der Waals surface area contributed by atoms with Crippen molar-refractivity contribution in [1.29, 1.82) is 0 Å². The smallest absolute Gasteiger partial charge is 0.0465 e. The normalized spacial score (nSPS) is 14.9.